The van der Waals surface area contributed by atoms with Crippen LogP contribution in [0.2, 0.25) is 0 Å². The average molecular weight is 244 g/mol. The molecule has 94 valence electrons. The zero-order valence-electron chi connectivity index (χ0n) is 10.2. The van der Waals surface area contributed by atoms with E-state index < -0.39 is 0 Å². The number of aryl methyl sites for hydroxylation is 1. The Morgan fingerprint density at radius 3 is 3.17 bits per heavy atom. The third-order valence-corrected chi connectivity index (χ3v) is 3.29. The lowest BCUT2D eigenvalue weighted by molar-refractivity contribution is 0.297. The first-order valence-electron chi connectivity index (χ1n) is 6.27. The SMILES string of the molecule is Oc1cccc(OCc2ncn3c2CCCC3)c1. The maximum Gasteiger partial charge on any atom is 0.132 e. The van der Waals surface area contributed by atoms with Crippen LogP contribution in [0, 0.1) is 0 Å². The predicted octanol–water partition coefficient (Wildman–Crippen LogP) is 2.50. The molecule has 1 aromatic heterocycles. The molecule has 3 rings (SSSR count). The van der Waals surface area contributed by atoms with Gasteiger partial charge < -0.3 is 14.4 Å². The van der Waals surface area contributed by atoms with E-state index >= 15 is 0 Å². The van der Waals surface area contributed by atoms with Crippen molar-refractivity contribution in [3.05, 3.63) is 42.0 Å². The van der Waals surface area contributed by atoms with Crippen LogP contribution in [0.1, 0.15) is 24.2 Å². The van der Waals surface area contributed by atoms with Gasteiger partial charge in [0.25, 0.3) is 0 Å². The minimum absolute atomic E-state index is 0.222. The Morgan fingerprint density at radius 1 is 1.33 bits per heavy atom. The highest BCUT2D eigenvalue weighted by atomic mass is 16.5. The van der Waals surface area contributed by atoms with Crippen molar-refractivity contribution in [3.63, 3.8) is 0 Å². The van der Waals surface area contributed by atoms with E-state index in [1.54, 1.807) is 18.2 Å². The summed E-state index contributed by atoms with van der Waals surface area (Å²) in [5.74, 6) is 0.895. The minimum Gasteiger partial charge on any atom is -0.508 e. The summed E-state index contributed by atoms with van der Waals surface area (Å²) in [6, 6.07) is 6.85. The molecule has 2 aromatic rings. The Kier molecular flexibility index (Phi) is 2.92. The van der Waals surface area contributed by atoms with Crippen molar-refractivity contribution in [2.45, 2.75) is 32.4 Å². The van der Waals surface area contributed by atoms with E-state index in [0.717, 1.165) is 18.7 Å². The fourth-order valence-corrected chi connectivity index (χ4v) is 2.35. The van der Waals surface area contributed by atoms with Crippen LogP contribution in [0.15, 0.2) is 30.6 Å². The zero-order chi connectivity index (χ0) is 12.4. The Balaban J connectivity index is 1.72. The highest BCUT2D eigenvalue weighted by Gasteiger charge is 2.14. The van der Waals surface area contributed by atoms with Gasteiger partial charge in [-0.1, -0.05) is 6.07 Å². The topological polar surface area (TPSA) is 47.3 Å². The summed E-state index contributed by atoms with van der Waals surface area (Å²) in [6.07, 6.45) is 5.44. The molecule has 4 heteroatoms. The van der Waals surface area contributed by atoms with Crippen LogP contribution >= 0.6 is 0 Å². The molecule has 1 N–H and O–H groups in total. The van der Waals surface area contributed by atoms with Crippen molar-refractivity contribution in [1.29, 1.82) is 0 Å². The Labute approximate surface area is 106 Å². The van der Waals surface area contributed by atoms with Gasteiger partial charge >= 0.3 is 0 Å². The maximum absolute atomic E-state index is 9.36. The van der Waals surface area contributed by atoms with Crippen LogP contribution in [0.25, 0.3) is 0 Å². The number of aromatic hydroxyl groups is 1. The van der Waals surface area contributed by atoms with E-state index in [1.165, 1.54) is 18.5 Å². The molecule has 0 bridgehead atoms. The van der Waals surface area contributed by atoms with Gasteiger partial charge in [0, 0.05) is 18.3 Å². The predicted molar refractivity (Wildman–Crippen MR) is 67.6 cm³/mol. The van der Waals surface area contributed by atoms with Crippen LogP contribution in [0.5, 0.6) is 11.5 Å². The van der Waals surface area contributed by atoms with Gasteiger partial charge in [0.05, 0.1) is 12.0 Å². The molecule has 0 saturated heterocycles. The van der Waals surface area contributed by atoms with Crippen molar-refractivity contribution in [3.8, 4) is 11.5 Å². The second-order valence-corrected chi connectivity index (χ2v) is 4.57. The van der Waals surface area contributed by atoms with E-state index in [4.69, 9.17) is 4.74 Å². The first-order valence-corrected chi connectivity index (χ1v) is 6.27. The van der Waals surface area contributed by atoms with Crippen molar-refractivity contribution in [2.75, 3.05) is 0 Å². The number of aromatic nitrogens is 2. The van der Waals surface area contributed by atoms with Crippen molar-refractivity contribution in [2.24, 2.45) is 0 Å². The summed E-state index contributed by atoms with van der Waals surface area (Å²) >= 11 is 0. The molecule has 0 spiro atoms. The maximum atomic E-state index is 9.36. The molecule has 0 fully saturated rings. The largest absolute Gasteiger partial charge is 0.508 e. The molecule has 0 radical (unpaired) electrons. The monoisotopic (exact) mass is 244 g/mol. The molecule has 2 heterocycles. The second-order valence-electron chi connectivity index (χ2n) is 4.57. The highest BCUT2D eigenvalue weighted by molar-refractivity contribution is 5.32. The fourth-order valence-electron chi connectivity index (χ4n) is 2.35. The van der Waals surface area contributed by atoms with E-state index in [9.17, 15) is 5.11 Å². The van der Waals surface area contributed by atoms with Crippen LogP contribution in [-0.2, 0) is 19.6 Å². The highest BCUT2D eigenvalue weighted by Crippen LogP contribution is 2.21. The number of fused-ring (bicyclic) bond motifs is 1. The first-order chi connectivity index (χ1) is 8.83. The van der Waals surface area contributed by atoms with Crippen LogP contribution < -0.4 is 4.74 Å². The smallest absolute Gasteiger partial charge is 0.132 e. The number of ether oxygens (including phenoxy) is 1. The molecular formula is C14H16N2O2. The molecule has 0 aliphatic carbocycles. The van der Waals surface area contributed by atoms with Crippen molar-refractivity contribution < 1.29 is 9.84 Å². The standard InChI is InChI=1S/C14H16N2O2/c17-11-4-3-5-12(8-11)18-9-13-14-6-1-2-7-16(14)10-15-13/h3-5,8,10,17H,1-2,6-7,9H2. The van der Waals surface area contributed by atoms with Gasteiger partial charge in [-0.25, -0.2) is 4.98 Å². The fraction of sp³-hybridized carbons (Fsp3) is 0.357. The second kappa shape index (κ2) is 4.72. The summed E-state index contributed by atoms with van der Waals surface area (Å²) in [5, 5.41) is 9.36. The summed E-state index contributed by atoms with van der Waals surface area (Å²) in [7, 11) is 0. The number of phenolic OH excluding ortho intramolecular Hbond substituents is 1. The Hall–Kier alpha value is -1.97. The van der Waals surface area contributed by atoms with Crippen molar-refractivity contribution in [1.82, 2.24) is 9.55 Å². The summed E-state index contributed by atoms with van der Waals surface area (Å²) in [6.45, 7) is 1.53. The van der Waals surface area contributed by atoms with E-state index in [2.05, 4.69) is 9.55 Å². The van der Waals surface area contributed by atoms with Gasteiger partial charge in [-0.05, 0) is 31.4 Å². The number of phenols is 1. The molecule has 4 nitrogen and oxygen atoms in total. The summed E-state index contributed by atoms with van der Waals surface area (Å²) in [5.41, 5.74) is 2.31. The average Bonchev–Trinajstić information content (AvgIpc) is 2.80. The molecule has 1 aromatic carbocycles. The lowest BCUT2D eigenvalue weighted by Gasteiger charge is -2.15. The number of benzene rings is 1. The van der Waals surface area contributed by atoms with Crippen LogP contribution in [-0.4, -0.2) is 14.7 Å². The quantitative estimate of drug-likeness (QED) is 0.902. The number of hydrogen-bond acceptors (Lipinski definition) is 3. The lowest BCUT2D eigenvalue weighted by atomic mass is 10.1. The molecule has 18 heavy (non-hydrogen) atoms. The molecule has 0 saturated carbocycles. The van der Waals surface area contributed by atoms with Gasteiger partial charge in [0.1, 0.15) is 18.1 Å². The molecule has 0 unspecified atom stereocenters. The third kappa shape index (κ3) is 2.18. The minimum atomic E-state index is 0.222. The van der Waals surface area contributed by atoms with E-state index in [-0.39, 0.29) is 5.75 Å². The number of imidazole rings is 1. The molecule has 1 aliphatic rings. The van der Waals surface area contributed by atoms with Gasteiger partial charge in [-0.15, -0.1) is 0 Å². The number of hydrogen-bond donors (Lipinski definition) is 1. The first kappa shape index (κ1) is 11.1. The van der Waals surface area contributed by atoms with Gasteiger partial charge in [-0.2, -0.15) is 0 Å². The van der Waals surface area contributed by atoms with Gasteiger partial charge in [0.2, 0.25) is 0 Å². The summed E-state index contributed by atoms with van der Waals surface area (Å²) in [4.78, 5) is 4.41. The number of nitrogens with zero attached hydrogens (tertiary/aromatic N) is 2. The van der Waals surface area contributed by atoms with Crippen molar-refractivity contribution >= 4 is 0 Å². The van der Waals surface area contributed by atoms with Gasteiger partial charge in [-0.3, -0.25) is 0 Å². The number of rotatable bonds is 3. The molecule has 1 aliphatic heterocycles. The molecule has 0 atom stereocenters. The molecular weight excluding hydrogens is 228 g/mol. The van der Waals surface area contributed by atoms with E-state index in [1.807, 2.05) is 12.4 Å². The molecule has 0 amide bonds. The zero-order valence-corrected chi connectivity index (χ0v) is 10.2. The summed E-state index contributed by atoms with van der Waals surface area (Å²) < 4.78 is 7.87. The Bertz CT molecular complexity index is 548. The van der Waals surface area contributed by atoms with Crippen LogP contribution in [0.3, 0.4) is 0 Å². The van der Waals surface area contributed by atoms with E-state index in [0.29, 0.717) is 12.4 Å². The normalized spacial score (nSPS) is 14.2. The third-order valence-electron chi connectivity index (χ3n) is 3.29. The van der Waals surface area contributed by atoms with Crippen LogP contribution in [0.4, 0.5) is 0 Å². The van der Waals surface area contributed by atoms with Gasteiger partial charge in [0.15, 0.2) is 0 Å². The lowest BCUT2D eigenvalue weighted by Crippen LogP contribution is -2.11. The Morgan fingerprint density at radius 2 is 2.28 bits per heavy atom.